The van der Waals surface area contributed by atoms with E-state index in [4.69, 9.17) is 14.2 Å². The molecule has 0 aliphatic carbocycles. The van der Waals surface area contributed by atoms with E-state index in [9.17, 15) is 35.9 Å². The number of ether oxygens (including phenoxy) is 4. The third kappa shape index (κ3) is 11.4. The van der Waals surface area contributed by atoms with Crippen LogP contribution < -0.4 is 20.1 Å². The lowest BCUT2D eigenvalue weighted by Gasteiger charge is -2.34. The number of hydrogen-bond acceptors (Lipinski definition) is 8. The normalized spacial score (nSPS) is 18.6. The number of allylic oxidation sites excluding steroid dienone is 3. The summed E-state index contributed by atoms with van der Waals surface area (Å²) < 4.78 is 110. The van der Waals surface area contributed by atoms with Gasteiger partial charge in [-0.05, 0) is 119 Å². The fraction of sp³-hybridized carbons (Fsp3) is 0.270. The molecule has 0 amide bonds. The quantitative estimate of drug-likeness (QED) is 0.0454. The summed E-state index contributed by atoms with van der Waals surface area (Å²) in [7, 11) is 2.09. The van der Waals surface area contributed by atoms with Crippen molar-refractivity contribution in [3.05, 3.63) is 214 Å². The SMILES string of the molecule is C=C(/C=C(\C(=C/C)C(=O)OC)C(F)(F)F)[C@@H]1C[C@H](CN[C@H](C)c2cccc3ccccc23)Oc2cc(-c3cccc4c([C@@H](C)NC[C@H]5C[C@H](c6ccc(C(=O)OC)c(C(F)(F)F)c6)c6ccccc6O5)cccc34)ccc21. The van der Waals surface area contributed by atoms with Gasteiger partial charge in [0.15, 0.2) is 0 Å². The summed E-state index contributed by atoms with van der Waals surface area (Å²) in [6.45, 7) is 10.4. The Balaban J connectivity index is 0.998. The van der Waals surface area contributed by atoms with Crippen LogP contribution in [0.4, 0.5) is 26.3 Å². The number of alkyl halides is 6. The van der Waals surface area contributed by atoms with E-state index in [1.165, 1.54) is 13.0 Å². The predicted molar refractivity (Wildman–Crippen MR) is 287 cm³/mol. The lowest BCUT2D eigenvalue weighted by molar-refractivity contribution is -0.138. The first-order chi connectivity index (χ1) is 36.9. The summed E-state index contributed by atoms with van der Waals surface area (Å²) in [6, 6.07) is 42.8. The number of carbonyl (C=O) groups excluding carboxylic acids is 2. The second-order valence-electron chi connectivity index (χ2n) is 19.5. The average molecular weight is 1050 g/mol. The first-order valence-corrected chi connectivity index (χ1v) is 25.4. The Morgan fingerprint density at radius 1 is 0.688 bits per heavy atom. The molecule has 7 aromatic carbocycles. The van der Waals surface area contributed by atoms with Crippen molar-refractivity contribution in [3.8, 4) is 22.6 Å². The maximum atomic E-state index is 14.8. The molecule has 6 atom stereocenters. The van der Waals surface area contributed by atoms with Crippen LogP contribution in [0.2, 0.25) is 0 Å². The van der Waals surface area contributed by atoms with E-state index in [0.29, 0.717) is 48.6 Å². The number of carbonyl (C=O) groups is 2. The van der Waals surface area contributed by atoms with Gasteiger partial charge < -0.3 is 29.6 Å². The molecule has 0 spiro atoms. The minimum Gasteiger partial charge on any atom is -0.489 e. The molecule has 0 radical (unpaired) electrons. The van der Waals surface area contributed by atoms with E-state index in [1.807, 2.05) is 97.9 Å². The number of hydrogen-bond donors (Lipinski definition) is 2. The van der Waals surface area contributed by atoms with E-state index < -0.39 is 70.6 Å². The Labute approximate surface area is 443 Å². The molecular formula is C63H58F6N2O6. The first-order valence-electron chi connectivity index (χ1n) is 25.4. The summed E-state index contributed by atoms with van der Waals surface area (Å²) in [5.41, 5.74) is 2.37. The van der Waals surface area contributed by atoms with Gasteiger partial charge >= 0.3 is 24.3 Å². The van der Waals surface area contributed by atoms with Gasteiger partial charge in [0.2, 0.25) is 0 Å². The zero-order chi connectivity index (χ0) is 54.8. The van der Waals surface area contributed by atoms with Crippen LogP contribution in [-0.2, 0) is 20.4 Å². The topological polar surface area (TPSA) is 95.1 Å². The van der Waals surface area contributed by atoms with E-state index in [-0.39, 0.29) is 17.7 Å². The highest BCUT2D eigenvalue weighted by molar-refractivity contribution is 5.99. The molecule has 2 aliphatic heterocycles. The fourth-order valence-electron chi connectivity index (χ4n) is 10.9. The number of methoxy groups -OCH3 is 2. The number of rotatable bonds is 15. The summed E-state index contributed by atoms with van der Waals surface area (Å²) in [5.74, 6) is -2.19. The molecule has 2 heterocycles. The second-order valence-corrected chi connectivity index (χ2v) is 19.5. The van der Waals surface area contributed by atoms with Gasteiger partial charge in [-0.1, -0.05) is 128 Å². The van der Waals surface area contributed by atoms with E-state index in [0.717, 1.165) is 81.8 Å². The monoisotopic (exact) mass is 1050 g/mol. The molecule has 14 heteroatoms. The Bertz CT molecular complexity index is 3430. The largest absolute Gasteiger partial charge is 0.489 e. The average Bonchev–Trinajstić information content (AvgIpc) is 3.44. The molecule has 8 nitrogen and oxygen atoms in total. The van der Waals surface area contributed by atoms with Gasteiger partial charge in [-0.2, -0.15) is 26.3 Å². The predicted octanol–water partition coefficient (Wildman–Crippen LogP) is 14.8. The third-order valence-electron chi connectivity index (χ3n) is 14.8. The summed E-state index contributed by atoms with van der Waals surface area (Å²) in [4.78, 5) is 25.0. The molecule has 0 saturated heterocycles. The maximum absolute atomic E-state index is 14.8. The van der Waals surface area contributed by atoms with Crippen LogP contribution in [0.5, 0.6) is 11.5 Å². The molecule has 0 aromatic heterocycles. The number of benzene rings is 7. The molecule has 9 rings (SSSR count). The molecule has 7 aromatic rings. The molecule has 0 unspecified atom stereocenters. The van der Waals surface area contributed by atoms with Crippen molar-refractivity contribution in [1.82, 2.24) is 10.6 Å². The number of halogens is 6. The molecule has 2 aliphatic rings. The fourth-order valence-corrected chi connectivity index (χ4v) is 10.9. The number of fused-ring (bicyclic) bond motifs is 4. The van der Waals surface area contributed by atoms with Gasteiger partial charge in [-0.3, -0.25) is 0 Å². The zero-order valence-electron chi connectivity index (χ0n) is 43.2. The van der Waals surface area contributed by atoms with Gasteiger partial charge in [-0.15, -0.1) is 0 Å². The number of nitrogens with one attached hydrogen (secondary N) is 2. The van der Waals surface area contributed by atoms with Crippen LogP contribution in [0.3, 0.4) is 0 Å². The van der Waals surface area contributed by atoms with Crippen molar-refractivity contribution < 1.29 is 54.9 Å². The third-order valence-corrected chi connectivity index (χ3v) is 14.8. The van der Waals surface area contributed by atoms with E-state index in [2.05, 4.69) is 53.1 Å². The minimum atomic E-state index is -4.89. The maximum Gasteiger partial charge on any atom is 0.417 e. The summed E-state index contributed by atoms with van der Waals surface area (Å²) in [6.07, 6.45) is -7.90. The molecule has 2 N–H and O–H groups in total. The van der Waals surface area contributed by atoms with Crippen LogP contribution in [0.1, 0.15) is 101 Å². The summed E-state index contributed by atoms with van der Waals surface area (Å²) in [5, 5.41) is 11.4. The lowest BCUT2D eigenvalue weighted by atomic mass is 9.82. The van der Waals surface area contributed by atoms with Crippen molar-refractivity contribution in [1.29, 1.82) is 0 Å². The lowest BCUT2D eigenvalue weighted by Crippen LogP contribution is -2.37. The van der Waals surface area contributed by atoms with Gasteiger partial charge in [0.1, 0.15) is 23.7 Å². The highest BCUT2D eigenvalue weighted by Gasteiger charge is 2.41. The first kappa shape index (κ1) is 54.1. The van der Waals surface area contributed by atoms with Gasteiger partial charge in [0, 0.05) is 48.1 Å². The Morgan fingerprint density at radius 3 is 2.01 bits per heavy atom. The second kappa shape index (κ2) is 22.5. The summed E-state index contributed by atoms with van der Waals surface area (Å²) >= 11 is 0. The Morgan fingerprint density at radius 2 is 1.31 bits per heavy atom. The number of esters is 2. The molecule has 0 saturated carbocycles. The van der Waals surface area contributed by atoms with E-state index >= 15 is 0 Å². The molecule has 0 bridgehead atoms. The van der Waals surface area contributed by atoms with Crippen LogP contribution in [0.15, 0.2) is 175 Å². The van der Waals surface area contributed by atoms with Gasteiger partial charge in [0.05, 0.1) is 36.5 Å². The van der Waals surface area contributed by atoms with Gasteiger partial charge in [0.25, 0.3) is 0 Å². The molecule has 0 fully saturated rings. The smallest absolute Gasteiger partial charge is 0.417 e. The Hall–Kier alpha value is -7.68. The molecular weight excluding hydrogens is 995 g/mol. The van der Waals surface area contributed by atoms with E-state index in [1.54, 1.807) is 12.1 Å². The molecule has 77 heavy (non-hydrogen) atoms. The zero-order valence-corrected chi connectivity index (χ0v) is 43.2. The standard InChI is InChI=1S/C63H58F6N2O6/c1-7-44(60(72)74-5)56(62(64,65)66)29-36(2)54-32-42(34-70-37(3)45-19-12-16-39-15-8-9-17-47(39)45)77-59-31-41(25-27-52(54)59)48-21-14-22-49-46(20-13-23-50(48)49)38(4)71-35-43-33-55(51-18-10-11-24-58(51)76-43)40-26-28-53(61(73)75-6)57(30-40)63(67,68)69/h7-31,37-38,42-43,54-55,70-71H,2,32-35H2,1,3-6H3/b44-7+,56-29+/t37-,38-,42-,43-,54+,55-/m1/s1. The van der Waals surface area contributed by atoms with Crippen LogP contribution in [0, 0.1) is 0 Å². The van der Waals surface area contributed by atoms with Crippen molar-refractivity contribution in [2.24, 2.45) is 0 Å². The Kier molecular flexibility index (Phi) is 15.8. The number of para-hydroxylation sites is 1. The van der Waals surface area contributed by atoms with Crippen LogP contribution in [0.25, 0.3) is 32.7 Å². The molecule has 398 valence electrons. The highest BCUT2D eigenvalue weighted by Crippen LogP contribution is 2.46. The minimum absolute atomic E-state index is 0.104. The van der Waals surface area contributed by atoms with Crippen LogP contribution >= 0.6 is 0 Å². The van der Waals surface area contributed by atoms with Crippen LogP contribution in [-0.4, -0.2) is 57.6 Å². The van der Waals surface area contributed by atoms with Crippen molar-refractivity contribution in [2.45, 2.75) is 82.1 Å². The van der Waals surface area contributed by atoms with Crippen molar-refractivity contribution in [2.75, 3.05) is 27.3 Å². The van der Waals surface area contributed by atoms with Crippen molar-refractivity contribution >= 4 is 33.5 Å². The van der Waals surface area contributed by atoms with Crippen molar-refractivity contribution in [3.63, 3.8) is 0 Å². The van der Waals surface area contributed by atoms with Gasteiger partial charge in [-0.25, -0.2) is 9.59 Å². The highest BCUT2D eigenvalue weighted by atomic mass is 19.4.